The lowest BCUT2D eigenvalue weighted by molar-refractivity contribution is 0.129. The molecular formula is C15H23ClN2O2. The SMILES string of the molecule is CCCCOCCCNC(=O)NCc1ccc(Cl)cc1. The van der Waals surface area contributed by atoms with Crippen LogP contribution in [0.3, 0.4) is 0 Å². The van der Waals surface area contributed by atoms with Crippen LogP contribution < -0.4 is 10.6 Å². The van der Waals surface area contributed by atoms with Crippen molar-refractivity contribution in [3.05, 3.63) is 34.9 Å². The number of halogens is 1. The quantitative estimate of drug-likeness (QED) is 0.687. The second-order valence-corrected chi connectivity index (χ2v) is 4.99. The molecule has 1 rings (SSSR count). The maximum absolute atomic E-state index is 11.5. The fourth-order valence-electron chi connectivity index (χ4n) is 1.57. The largest absolute Gasteiger partial charge is 0.381 e. The van der Waals surface area contributed by atoms with Gasteiger partial charge in [0, 0.05) is 31.3 Å². The van der Waals surface area contributed by atoms with Gasteiger partial charge in [0.05, 0.1) is 0 Å². The summed E-state index contributed by atoms with van der Waals surface area (Å²) in [6, 6.07) is 7.25. The van der Waals surface area contributed by atoms with Crippen molar-refractivity contribution in [3.8, 4) is 0 Å². The van der Waals surface area contributed by atoms with E-state index in [1.165, 1.54) is 0 Å². The van der Waals surface area contributed by atoms with E-state index in [0.29, 0.717) is 24.7 Å². The first-order valence-corrected chi connectivity index (χ1v) is 7.44. The maximum atomic E-state index is 11.5. The lowest BCUT2D eigenvalue weighted by Crippen LogP contribution is -2.35. The van der Waals surface area contributed by atoms with Crippen molar-refractivity contribution in [2.45, 2.75) is 32.7 Å². The Labute approximate surface area is 125 Å². The summed E-state index contributed by atoms with van der Waals surface area (Å²) in [5.74, 6) is 0. The van der Waals surface area contributed by atoms with Gasteiger partial charge in [-0.2, -0.15) is 0 Å². The third kappa shape index (κ3) is 8.02. The molecule has 0 saturated heterocycles. The average Bonchev–Trinajstić information content (AvgIpc) is 2.46. The molecular weight excluding hydrogens is 276 g/mol. The van der Waals surface area contributed by atoms with Gasteiger partial charge >= 0.3 is 6.03 Å². The van der Waals surface area contributed by atoms with E-state index >= 15 is 0 Å². The Hall–Kier alpha value is -1.26. The fourth-order valence-corrected chi connectivity index (χ4v) is 1.70. The van der Waals surface area contributed by atoms with Crippen molar-refractivity contribution in [1.29, 1.82) is 0 Å². The van der Waals surface area contributed by atoms with E-state index in [-0.39, 0.29) is 6.03 Å². The molecule has 4 nitrogen and oxygen atoms in total. The fraction of sp³-hybridized carbons (Fsp3) is 0.533. The molecule has 5 heteroatoms. The summed E-state index contributed by atoms with van der Waals surface area (Å²) in [4.78, 5) is 11.5. The minimum atomic E-state index is -0.159. The van der Waals surface area contributed by atoms with Gasteiger partial charge in [-0.3, -0.25) is 0 Å². The number of carbonyl (C=O) groups is 1. The first kappa shape index (κ1) is 16.8. The van der Waals surface area contributed by atoms with Gasteiger partial charge in [-0.25, -0.2) is 4.79 Å². The summed E-state index contributed by atoms with van der Waals surface area (Å²) < 4.78 is 5.41. The van der Waals surface area contributed by atoms with Gasteiger partial charge in [-0.15, -0.1) is 0 Å². The second kappa shape index (κ2) is 10.5. The van der Waals surface area contributed by atoms with Crippen LogP contribution >= 0.6 is 11.6 Å². The molecule has 1 aromatic carbocycles. The minimum absolute atomic E-state index is 0.159. The lowest BCUT2D eigenvalue weighted by Gasteiger charge is -2.08. The molecule has 20 heavy (non-hydrogen) atoms. The Morgan fingerprint density at radius 2 is 1.85 bits per heavy atom. The minimum Gasteiger partial charge on any atom is -0.381 e. The molecule has 0 saturated carbocycles. The number of hydrogen-bond donors (Lipinski definition) is 2. The summed E-state index contributed by atoms with van der Waals surface area (Å²) in [5, 5.41) is 6.29. The summed E-state index contributed by atoms with van der Waals surface area (Å²) in [6.07, 6.45) is 3.07. The number of benzene rings is 1. The molecule has 1 aromatic rings. The Morgan fingerprint density at radius 1 is 1.15 bits per heavy atom. The van der Waals surface area contributed by atoms with Crippen LogP contribution in [0, 0.1) is 0 Å². The Kier molecular flexibility index (Phi) is 8.83. The van der Waals surface area contributed by atoms with Crippen molar-refractivity contribution in [1.82, 2.24) is 10.6 Å². The molecule has 2 N–H and O–H groups in total. The number of nitrogens with one attached hydrogen (secondary N) is 2. The Bertz CT molecular complexity index is 382. The van der Waals surface area contributed by atoms with E-state index in [9.17, 15) is 4.79 Å². The van der Waals surface area contributed by atoms with Gasteiger partial charge in [0.2, 0.25) is 0 Å². The Balaban J connectivity index is 2.01. The van der Waals surface area contributed by atoms with Crippen molar-refractivity contribution in [3.63, 3.8) is 0 Å². The average molecular weight is 299 g/mol. The smallest absolute Gasteiger partial charge is 0.315 e. The van der Waals surface area contributed by atoms with Gasteiger partial charge in [-0.05, 0) is 30.5 Å². The normalized spacial score (nSPS) is 10.3. The molecule has 0 unspecified atom stereocenters. The van der Waals surface area contributed by atoms with Crippen LogP contribution in [-0.2, 0) is 11.3 Å². The highest BCUT2D eigenvalue weighted by Gasteiger charge is 1.99. The zero-order chi connectivity index (χ0) is 14.6. The van der Waals surface area contributed by atoms with E-state index in [1.807, 2.05) is 24.3 Å². The molecule has 0 radical (unpaired) electrons. The number of carbonyl (C=O) groups excluding carboxylic acids is 1. The van der Waals surface area contributed by atoms with E-state index in [1.54, 1.807) is 0 Å². The van der Waals surface area contributed by atoms with Crippen LogP contribution in [0.5, 0.6) is 0 Å². The molecule has 0 bridgehead atoms. The first-order chi connectivity index (χ1) is 9.72. The highest BCUT2D eigenvalue weighted by atomic mass is 35.5. The lowest BCUT2D eigenvalue weighted by atomic mass is 10.2. The molecule has 0 atom stereocenters. The Morgan fingerprint density at radius 3 is 2.55 bits per heavy atom. The van der Waals surface area contributed by atoms with Crippen molar-refractivity contribution < 1.29 is 9.53 Å². The standard InChI is InChI=1S/C15H23ClN2O2/c1-2-3-10-20-11-4-9-17-15(19)18-12-13-5-7-14(16)8-6-13/h5-8H,2-4,9-12H2,1H3,(H2,17,18,19). The summed E-state index contributed by atoms with van der Waals surface area (Å²) in [5.41, 5.74) is 1.02. The van der Waals surface area contributed by atoms with Crippen LogP contribution in [0.1, 0.15) is 31.7 Å². The number of urea groups is 1. The summed E-state index contributed by atoms with van der Waals surface area (Å²) in [7, 11) is 0. The zero-order valence-corrected chi connectivity index (χ0v) is 12.7. The molecule has 0 fully saturated rings. The van der Waals surface area contributed by atoms with Gasteiger partial charge in [0.15, 0.2) is 0 Å². The van der Waals surface area contributed by atoms with Crippen LogP contribution in [0.2, 0.25) is 5.02 Å². The monoisotopic (exact) mass is 298 g/mol. The molecule has 0 aromatic heterocycles. The number of amides is 2. The molecule has 0 aliphatic heterocycles. The van der Waals surface area contributed by atoms with E-state index in [2.05, 4.69) is 17.6 Å². The zero-order valence-electron chi connectivity index (χ0n) is 12.0. The van der Waals surface area contributed by atoms with Crippen molar-refractivity contribution in [2.75, 3.05) is 19.8 Å². The van der Waals surface area contributed by atoms with Gasteiger partial charge in [0.25, 0.3) is 0 Å². The number of hydrogen-bond acceptors (Lipinski definition) is 2. The molecule has 0 aliphatic carbocycles. The summed E-state index contributed by atoms with van der Waals surface area (Å²) >= 11 is 5.79. The second-order valence-electron chi connectivity index (χ2n) is 4.56. The summed E-state index contributed by atoms with van der Waals surface area (Å²) in [6.45, 7) is 4.75. The van der Waals surface area contributed by atoms with Crippen LogP contribution in [-0.4, -0.2) is 25.8 Å². The van der Waals surface area contributed by atoms with Crippen molar-refractivity contribution in [2.24, 2.45) is 0 Å². The van der Waals surface area contributed by atoms with Gasteiger partial charge < -0.3 is 15.4 Å². The topological polar surface area (TPSA) is 50.4 Å². The number of rotatable bonds is 9. The molecule has 0 heterocycles. The highest BCUT2D eigenvalue weighted by molar-refractivity contribution is 6.30. The third-order valence-electron chi connectivity index (χ3n) is 2.76. The number of ether oxygens (including phenoxy) is 1. The van der Waals surface area contributed by atoms with Gasteiger partial charge in [-0.1, -0.05) is 37.1 Å². The first-order valence-electron chi connectivity index (χ1n) is 7.06. The molecule has 0 aliphatic rings. The van der Waals surface area contributed by atoms with Crippen LogP contribution in [0.25, 0.3) is 0 Å². The maximum Gasteiger partial charge on any atom is 0.315 e. The molecule has 112 valence electrons. The van der Waals surface area contributed by atoms with E-state index in [0.717, 1.165) is 31.4 Å². The van der Waals surface area contributed by atoms with Crippen molar-refractivity contribution >= 4 is 17.6 Å². The predicted octanol–water partition coefficient (Wildman–Crippen LogP) is 3.35. The molecule has 0 spiro atoms. The highest BCUT2D eigenvalue weighted by Crippen LogP contribution is 2.08. The van der Waals surface area contributed by atoms with E-state index < -0.39 is 0 Å². The number of unbranched alkanes of at least 4 members (excludes halogenated alkanes) is 1. The third-order valence-corrected chi connectivity index (χ3v) is 3.01. The van der Waals surface area contributed by atoms with Crippen LogP contribution in [0.4, 0.5) is 4.79 Å². The van der Waals surface area contributed by atoms with E-state index in [4.69, 9.17) is 16.3 Å². The van der Waals surface area contributed by atoms with Crippen LogP contribution in [0.15, 0.2) is 24.3 Å². The molecule has 2 amide bonds. The predicted molar refractivity (Wildman–Crippen MR) is 82.0 cm³/mol. The van der Waals surface area contributed by atoms with Gasteiger partial charge in [0.1, 0.15) is 0 Å².